The molecule has 1 rings (SSSR count). The summed E-state index contributed by atoms with van der Waals surface area (Å²) < 4.78 is 26.1. The lowest BCUT2D eigenvalue weighted by Crippen LogP contribution is -2.59. The Labute approximate surface area is 357 Å². The van der Waals surface area contributed by atoms with Crippen molar-refractivity contribution in [2.24, 2.45) is 5.92 Å². The summed E-state index contributed by atoms with van der Waals surface area (Å²) in [6, 6.07) is 0. The van der Waals surface area contributed by atoms with Gasteiger partial charge in [-0.3, -0.25) is 0 Å². The van der Waals surface area contributed by atoms with E-state index in [1.807, 2.05) is 0 Å². The van der Waals surface area contributed by atoms with E-state index in [0.29, 0.717) is 12.8 Å². The summed E-state index contributed by atoms with van der Waals surface area (Å²) in [5, 5.41) is 62.0. The predicted octanol–water partition coefficient (Wildman–Crippen LogP) is 3.92. The fraction of sp³-hybridized carbons (Fsp3) is 0.529. The van der Waals surface area contributed by atoms with Gasteiger partial charge in [0.1, 0.15) is 24.4 Å². The second-order valence-corrected chi connectivity index (χ2v) is 13.5. The molecule has 0 aliphatic carbocycles. The Kier molecular flexibility index (Phi) is 32.0. The lowest BCUT2D eigenvalue weighted by molar-refractivity contribution is -0.303. The molecule has 1 heterocycles. The highest BCUT2D eigenvalue weighted by Gasteiger charge is 2.44. The molecular formula is C51H55FO8. The molecule has 9 heteroatoms. The minimum atomic E-state index is -1.68. The van der Waals surface area contributed by atoms with E-state index < -0.39 is 67.9 Å². The van der Waals surface area contributed by atoms with E-state index in [1.54, 1.807) is 6.92 Å². The Morgan fingerprint density at radius 2 is 1.05 bits per heavy atom. The van der Waals surface area contributed by atoms with Crippen LogP contribution in [0.3, 0.4) is 0 Å². The van der Waals surface area contributed by atoms with Crippen LogP contribution in [0.25, 0.3) is 0 Å². The molecule has 0 aromatic carbocycles. The zero-order valence-corrected chi connectivity index (χ0v) is 34.6. The van der Waals surface area contributed by atoms with Crippen LogP contribution >= 0.6 is 0 Å². The minimum absolute atomic E-state index is 0.0913. The molecule has 0 spiro atoms. The highest BCUT2D eigenvalue weighted by molar-refractivity contribution is 5.47. The molecular weight excluding hydrogens is 760 g/mol. The molecule has 0 aromatic heterocycles. The Balaban J connectivity index is 2.71. The van der Waals surface area contributed by atoms with Crippen molar-refractivity contribution in [2.45, 2.75) is 153 Å². The average Bonchev–Trinajstić information content (AvgIpc) is 3.25. The topological polar surface area (TPSA) is 140 Å². The Morgan fingerprint density at radius 1 is 0.617 bits per heavy atom. The van der Waals surface area contributed by atoms with Crippen molar-refractivity contribution in [3.05, 3.63) is 11.9 Å². The third kappa shape index (κ3) is 26.5. The van der Waals surface area contributed by atoms with Crippen LogP contribution in [0, 0.1) is 136 Å². The van der Waals surface area contributed by atoms with E-state index in [1.165, 1.54) is 51.4 Å². The van der Waals surface area contributed by atoms with Crippen LogP contribution in [0.1, 0.15) is 110 Å². The molecule has 1 fully saturated rings. The van der Waals surface area contributed by atoms with Crippen LogP contribution in [0.2, 0.25) is 0 Å². The summed E-state index contributed by atoms with van der Waals surface area (Å²) in [7, 11) is 0. The molecule has 1 aliphatic heterocycles. The van der Waals surface area contributed by atoms with Gasteiger partial charge in [-0.2, -0.15) is 0 Å². The molecule has 2 unspecified atom stereocenters. The van der Waals surface area contributed by atoms with Crippen molar-refractivity contribution in [1.29, 1.82) is 0 Å². The van der Waals surface area contributed by atoms with E-state index in [4.69, 9.17) is 9.47 Å². The van der Waals surface area contributed by atoms with Gasteiger partial charge in [-0.05, 0) is 114 Å². The quantitative estimate of drug-likeness (QED) is 0.0715. The molecule has 0 radical (unpaired) electrons. The van der Waals surface area contributed by atoms with E-state index in [-0.39, 0.29) is 12.8 Å². The molecule has 60 heavy (non-hydrogen) atoms. The fourth-order valence-corrected chi connectivity index (χ4v) is 5.54. The van der Waals surface area contributed by atoms with E-state index in [9.17, 15) is 30.6 Å². The third-order valence-corrected chi connectivity index (χ3v) is 8.77. The molecule has 0 saturated carbocycles. The van der Waals surface area contributed by atoms with E-state index >= 15 is 4.39 Å². The molecule has 6 N–H and O–H groups in total. The average molecular weight is 815 g/mol. The lowest BCUT2D eigenvalue weighted by atomic mass is 9.93. The van der Waals surface area contributed by atoms with Gasteiger partial charge in [-0.25, -0.2) is 4.39 Å². The molecule has 314 valence electrons. The van der Waals surface area contributed by atoms with Gasteiger partial charge in [0.15, 0.2) is 6.29 Å². The Bertz CT molecular complexity index is 2040. The van der Waals surface area contributed by atoms with Crippen LogP contribution in [0.4, 0.5) is 4.39 Å². The zero-order valence-electron chi connectivity index (χ0n) is 34.6. The van der Waals surface area contributed by atoms with Crippen molar-refractivity contribution in [3.63, 3.8) is 0 Å². The van der Waals surface area contributed by atoms with Crippen LogP contribution in [-0.4, -0.2) is 86.8 Å². The second kappa shape index (κ2) is 36.6. The lowest BCUT2D eigenvalue weighted by Gasteiger charge is -2.40. The summed E-state index contributed by atoms with van der Waals surface area (Å²) >= 11 is 0. The van der Waals surface area contributed by atoms with Crippen LogP contribution in [-0.2, 0) is 9.47 Å². The minimum Gasteiger partial charge on any atom is -0.394 e. The van der Waals surface area contributed by atoms with Crippen LogP contribution in [0.15, 0.2) is 11.9 Å². The first kappa shape index (κ1) is 52.5. The van der Waals surface area contributed by atoms with Crippen molar-refractivity contribution in [2.75, 3.05) is 13.2 Å². The van der Waals surface area contributed by atoms with Gasteiger partial charge in [0.2, 0.25) is 0 Å². The Hall–Kier alpha value is -5.49. The molecule has 0 aromatic rings. The van der Waals surface area contributed by atoms with Crippen molar-refractivity contribution in [1.82, 2.24) is 0 Å². The summed E-state index contributed by atoms with van der Waals surface area (Å²) in [6.45, 7) is 2.84. The molecule has 8 nitrogen and oxygen atoms in total. The smallest absolute Gasteiger partial charge is 0.186 e. The number of allylic oxidation sites excluding steroid dienone is 1. The predicted molar refractivity (Wildman–Crippen MR) is 231 cm³/mol. The number of ether oxygens (including phenoxy) is 2. The first-order valence-corrected chi connectivity index (χ1v) is 20.3. The number of halogens is 1. The van der Waals surface area contributed by atoms with Gasteiger partial charge in [0.25, 0.3) is 0 Å². The second-order valence-electron chi connectivity index (χ2n) is 13.5. The van der Waals surface area contributed by atoms with Gasteiger partial charge in [-0.15, -0.1) is 0 Å². The van der Waals surface area contributed by atoms with Gasteiger partial charge < -0.3 is 40.1 Å². The van der Waals surface area contributed by atoms with E-state index in [0.717, 1.165) is 25.3 Å². The van der Waals surface area contributed by atoms with Gasteiger partial charge in [0.05, 0.1) is 31.2 Å². The Morgan fingerprint density at radius 3 is 1.50 bits per heavy atom. The maximum Gasteiger partial charge on any atom is 0.186 e. The number of aliphatic hydroxyl groups is 6. The maximum absolute atomic E-state index is 15.1. The first-order chi connectivity index (χ1) is 29.3. The number of aliphatic hydroxyl groups excluding tert-OH is 6. The summed E-state index contributed by atoms with van der Waals surface area (Å²) in [5.41, 5.74) is 0. The highest BCUT2D eigenvalue weighted by atomic mass is 19.1. The zero-order chi connectivity index (χ0) is 43.9. The molecule has 0 amide bonds. The number of hydrogen-bond donors (Lipinski definition) is 6. The molecule has 1 saturated heterocycles. The first-order valence-electron chi connectivity index (χ1n) is 20.3. The molecule has 0 bridgehead atoms. The van der Waals surface area contributed by atoms with Gasteiger partial charge in [0, 0.05) is 42.4 Å². The normalized spacial score (nSPS) is 18.5. The number of hydrogen-bond acceptors (Lipinski definition) is 8. The maximum atomic E-state index is 15.1. The SMILES string of the molecule is CC#CC#CC#CC#CC#CC#CC#CC#CC#CC#CC#CCC/C(F)=C\[C@@H](CO[C@H]1OC(CO)[C@H](O)[C@H](O)C1O)[C@H](O)[C@H](O)CCCCCCCCCCCCCC. The standard InChI is InChI=1S/C51H55FO8/c1-3-5-7-9-11-13-15-17-18-19-20-21-22-23-24-25-26-27-28-30-32-34-36-38-44(52)40-43(42-59-51-50(58)49(57)48(56)46(41-53)60-51)47(55)45(54)39-37-35-33-31-29-16-14-12-10-8-6-4-2/h40,43,45-51,53-58H,4,6,8,10,12,14,16,29,31,33,35-39,41-42H2,1-2H3/b44-40+/t43-,45+,46?,47-,48-,49-,50?,51-/m0/s1. The number of rotatable bonds is 22. The number of unbranched alkanes of at least 4 members (excludes halogenated alkanes) is 11. The summed E-state index contributed by atoms with van der Waals surface area (Å²) in [6.07, 6.45) is 4.99. The monoisotopic (exact) mass is 814 g/mol. The molecule has 1 aliphatic rings. The van der Waals surface area contributed by atoms with Crippen molar-refractivity contribution < 1.29 is 44.5 Å². The fourth-order valence-electron chi connectivity index (χ4n) is 5.54. The van der Waals surface area contributed by atoms with Crippen LogP contribution < -0.4 is 0 Å². The largest absolute Gasteiger partial charge is 0.394 e. The van der Waals surface area contributed by atoms with Crippen LogP contribution in [0.5, 0.6) is 0 Å². The highest BCUT2D eigenvalue weighted by Crippen LogP contribution is 2.25. The van der Waals surface area contributed by atoms with Gasteiger partial charge >= 0.3 is 0 Å². The van der Waals surface area contributed by atoms with Crippen molar-refractivity contribution in [3.8, 4) is 130 Å². The third-order valence-electron chi connectivity index (χ3n) is 8.77. The molecule has 8 atom stereocenters. The summed E-state index contributed by atoms with van der Waals surface area (Å²) in [4.78, 5) is 0. The summed E-state index contributed by atoms with van der Waals surface area (Å²) in [5.74, 6) is 53.9. The van der Waals surface area contributed by atoms with E-state index in [2.05, 4.69) is 137 Å². The van der Waals surface area contributed by atoms with Gasteiger partial charge in [-0.1, -0.05) is 95.8 Å². The van der Waals surface area contributed by atoms with Crippen molar-refractivity contribution >= 4 is 0 Å².